The van der Waals surface area contributed by atoms with E-state index in [0.29, 0.717) is 0 Å². The molecule has 0 fully saturated rings. The van der Waals surface area contributed by atoms with Crippen LogP contribution >= 0.6 is 0 Å². The number of hydrogen-bond acceptors (Lipinski definition) is 0. The van der Waals surface area contributed by atoms with Crippen LogP contribution in [0.3, 0.4) is 0 Å². The Morgan fingerprint density at radius 2 is 1.22 bits per heavy atom. The van der Waals surface area contributed by atoms with E-state index in [-0.39, 0.29) is 14.9 Å². The van der Waals surface area contributed by atoms with Crippen molar-refractivity contribution >= 4 is 22.9 Å². The number of benzene rings is 3. The van der Waals surface area contributed by atoms with E-state index in [9.17, 15) is 0 Å². The molecule has 0 N–H and O–H groups in total. The largest absolute Gasteiger partial charge is 0.0984 e. The molecule has 0 aromatic heterocycles. The molecule has 3 aromatic carbocycles. The summed E-state index contributed by atoms with van der Waals surface area (Å²) in [5, 5.41) is 2.55. The van der Waals surface area contributed by atoms with Crippen LogP contribution in [-0.4, -0.2) is 0 Å². The summed E-state index contributed by atoms with van der Waals surface area (Å²) in [6, 6.07) is 19.6. The fraction of sp³-hybridized carbons (Fsp3) is 0.130. The van der Waals surface area contributed by atoms with Gasteiger partial charge in [0.15, 0.2) is 0 Å². The van der Waals surface area contributed by atoms with Crippen LogP contribution in [0, 0.1) is 6.92 Å². The summed E-state index contributed by atoms with van der Waals surface area (Å²) < 4.78 is 0. The van der Waals surface area contributed by atoms with Crippen LogP contribution in [0.15, 0.2) is 67.8 Å². The van der Waals surface area contributed by atoms with Crippen molar-refractivity contribution < 1.29 is 0 Å². The molecule has 0 bridgehead atoms. The van der Waals surface area contributed by atoms with E-state index in [2.05, 4.69) is 74.7 Å². The molecule has 118 valence electrons. The van der Waals surface area contributed by atoms with Crippen molar-refractivity contribution in [2.24, 2.45) is 0 Å². The Hall–Kier alpha value is -2.60. The SMILES string of the molecule is C.C.C=Cc1ccc(-c2ccc3cc(C)ccc3c2)cc1C=C. The molecule has 3 rings (SSSR count). The molecule has 0 amide bonds. The lowest BCUT2D eigenvalue weighted by Gasteiger charge is -2.08. The summed E-state index contributed by atoms with van der Waals surface area (Å²) in [4.78, 5) is 0. The third-order valence-electron chi connectivity index (χ3n) is 3.86. The van der Waals surface area contributed by atoms with E-state index in [4.69, 9.17) is 0 Å². The van der Waals surface area contributed by atoms with Gasteiger partial charge in [0, 0.05) is 0 Å². The van der Waals surface area contributed by atoms with Gasteiger partial charge in [0.1, 0.15) is 0 Å². The molecule has 0 saturated heterocycles. The maximum Gasteiger partial charge on any atom is -0.0177 e. The predicted octanol–water partition coefficient (Wildman–Crippen LogP) is 7.37. The molecule has 0 aliphatic carbocycles. The number of rotatable bonds is 3. The molecule has 0 nitrogen and oxygen atoms in total. The average molecular weight is 302 g/mol. The third kappa shape index (κ3) is 3.60. The van der Waals surface area contributed by atoms with Crippen LogP contribution in [0.1, 0.15) is 31.5 Å². The maximum atomic E-state index is 3.89. The first-order valence-corrected chi connectivity index (χ1v) is 7.11. The average Bonchev–Trinajstić information content (AvgIpc) is 2.53. The van der Waals surface area contributed by atoms with Gasteiger partial charge in [-0.3, -0.25) is 0 Å². The van der Waals surface area contributed by atoms with Crippen LogP contribution < -0.4 is 0 Å². The summed E-state index contributed by atoms with van der Waals surface area (Å²) >= 11 is 0. The van der Waals surface area contributed by atoms with Crippen LogP contribution in [0.4, 0.5) is 0 Å². The zero-order chi connectivity index (χ0) is 14.8. The highest BCUT2D eigenvalue weighted by Crippen LogP contribution is 2.27. The van der Waals surface area contributed by atoms with Gasteiger partial charge in [0.25, 0.3) is 0 Å². The summed E-state index contributed by atoms with van der Waals surface area (Å²) in [7, 11) is 0. The van der Waals surface area contributed by atoms with Crippen molar-refractivity contribution in [3.63, 3.8) is 0 Å². The van der Waals surface area contributed by atoms with E-state index >= 15 is 0 Å². The minimum absolute atomic E-state index is 0. The van der Waals surface area contributed by atoms with Crippen LogP contribution in [-0.2, 0) is 0 Å². The molecular formula is C23H26. The minimum Gasteiger partial charge on any atom is -0.0984 e. The standard InChI is InChI=1S/C21H18.2CH4/c1-4-16-8-9-20(13-17(16)5-2)21-11-10-18-12-15(3)6-7-19(18)14-21;;/h4-14H,1-2H2,3H3;2*1H4. The lowest BCUT2D eigenvalue weighted by molar-refractivity contribution is 1.50. The summed E-state index contributed by atoms with van der Waals surface area (Å²) in [6.45, 7) is 9.85. The second kappa shape index (κ2) is 7.60. The molecule has 0 atom stereocenters. The Morgan fingerprint density at radius 3 is 1.91 bits per heavy atom. The second-order valence-electron chi connectivity index (χ2n) is 5.32. The van der Waals surface area contributed by atoms with E-state index in [0.717, 1.165) is 11.1 Å². The zero-order valence-electron chi connectivity index (χ0n) is 12.3. The number of hydrogen-bond donors (Lipinski definition) is 0. The maximum absolute atomic E-state index is 3.89. The van der Waals surface area contributed by atoms with Crippen molar-refractivity contribution in [1.82, 2.24) is 0 Å². The smallest absolute Gasteiger partial charge is 0.0177 e. The predicted molar refractivity (Wildman–Crippen MR) is 108 cm³/mol. The van der Waals surface area contributed by atoms with Gasteiger partial charge >= 0.3 is 0 Å². The molecule has 0 saturated carbocycles. The number of fused-ring (bicyclic) bond motifs is 1. The van der Waals surface area contributed by atoms with Gasteiger partial charge in [-0.15, -0.1) is 0 Å². The zero-order valence-corrected chi connectivity index (χ0v) is 12.3. The van der Waals surface area contributed by atoms with Crippen LogP contribution in [0.5, 0.6) is 0 Å². The van der Waals surface area contributed by atoms with Crippen LogP contribution in [0.2, 0.25) is 0 Å². The third-order valence-corrected chi connectivity index (χ3v) is 3.86. The molecule has 0 radical (unpaired) electrons. The van der Waals surface area contributed by atoms with E-state index in [1.165, 1.54) is 27.5 Å². The monoisotopic (exact) mass is 302 g/mol. The van der Waals surface area contributed by atoms with E-state index < -0.39 is 0 Å². The lowest BCUT2D eigenvalue weighted by Crippen LogP contribution is -1.84. The highest BCUT2D eigenvalue weighted by atomic mass is 14.1. The first kappa shape index (κ1) is 18.4. The van der Waals surface area contributed by atoms with Gasteiger partial charge in [-0.25, -0.2) is 0 Å². The van der Waals surface area contributed by atoms with Gasteiger partial charge in [-0.05, 0) is 52.1 Å². The van der Waals surface area contributed by atoms with Gasteiger partial charge in [-0.1, -0.05) is 88.2 Å². The Bertz CT molecular complexity index is 838. The Kier molecular flexibility index (Phi) is 6.10. The summed E-state index contributed by atoms with van der Waals surface area (Å²) in [6.07, 6.45) is 3.74. The second-order valence-corrected chi connectivity index (χ2v) is 5.32. The molecule has 0 aliphatic heterocycles. The fourth-order valence-electron chi connectivity index (χ4n) is 2.66. The Balaban J connectivity index is 0.00000132. The quantitative estimate of drug-likeness (QED) is 0.473. The highest BCUT2D eigenvalue weighted by Gasteiger charge is 2.03. The topological polar surface area (TPSA) is 0 Å². The molecule has 0 aliphatic rings. The Labute approximate surface area is 140 Å². The normalized spacial score (nSPS) is 9.61. The molecular weight excluding hydrogens is 276 g/mol. The van der Waals surface area contributed by atoms with Gasteiger partial charge in [0.2, 0.25) is 0 Å². The first-order valence-electron chi connectivity index (χ1n) is 7.11. The molecule has 3 aromatic rings. The van der Waals surface area contributed by atoms with Gasteiger partial charge < -0.3 is 0 Å². The molecule has 0 spiro atoms. The first-order chi connectivity index (χ1) is 10.2. The van der Waals surface area contributed by atoms with E-state index in [1.807, 2.05) is 12.2 Å². The molecule has 0 heteroatoms. The van der Waals surface area contributed by atoms with Crippen molar-refractivity contribution in [3.05, 3.63) is 84.4 Å². The van der Waals surface area contributed by atoms with Crippen molar-refractivity contribution in [1.29, 1.82) is 0 Å². The minimum atomic E-state index is 0. The highest BCUT2D eigenvalue weighted by molar-refractivity contribution is 5.88. The van der Waals surface area contributed by atoms with Crippen molar-refractivity contribution in [2.75, 3.05) is 0 Å². The van der Waals surface area contributed by atoms with Crippen molar-refractivity contribution in [3.8, 4) is 11.1 Å². The Morgan fingerprint density at radius 1 is 0.652 bits per heavy atom. The molecule has 0 unspecified atom stereocenters. The summed E-state index contributed by atoms with van der Waals surface area (Å²) in [5.41, 5.74) is 5.96. The molecule has 0 heterocycles. The van der Waals surface area contributed by atoms with Crippen molar-refractivity contribution in [2.45, 2.75) is 21.8 Å². The van der Waals surface area contributed by atoms with E-state index in [1.54, 1.807) is 0 Å². The summed E-state index contributed by atoms with van der Waals surface area (Å²) in [5.74, 6) is 0. The van der Waals surface area contributed by atoms with Crippen LogP contribution in [0.25, 0.3) is 34.1 Å². The molecule has 23 heavy (non-hydrogen) atoms. The lowest BCUT2D eigenvalue weighted by atomic mass is 9.96. The van der Waals surface area contributed by atoms with Gasteiger partial charge in [-0.2, -0.15) is 0 Å². The van der Waals surface area contributed by atoms with Gasteiger partial charge in [0.05, 0.1) is 0 Å². The fourth-order valence-corrected chi connectivity index (χ4v) is 2.66. The number of aryl methyl sites for hydroxylation is 1.